The van der Waals surface area contributed by atoms with Crippen molar-refractivity contribution in [1.82, 2.24) is 14.8 Å². The van der Waals surface area contributed by atoms with Gasteiger partial charge >= 0.3 is 5.97 Å². The molecule has 132 valence electrons. The minimum Gasteiger partial charge on any atom is -0.477 e. The quantitative estimate of drug-likeness (QED) is 0.486. The molecular weight excluding hydrogens is 370 g/mol. The SMILES string of the molecule is CCn1c(S/C(=C/c2ccccc2)C(=O)O)nnc1-c1ccc(Cl)cc1. The zero-order valence-corrected chi connectivity index (χ0v) is 15.5. The lowest BCUT2D eigenvalue weighted by Crippen LogP contribution is -2.02. The highest BCUT2D eigenvalue weighted by atomic mass is 35.5. The van der Waals surface area contributed by atoms with Crippen molar-refractivity contribution in [2.75, 3.05) is 0 Å². The van der Waals surface area contributed by atoms with Crippen LogP contribution in [0.5, 0.6) is 0 Å². The van der Waals surface area contributed by atoms with E-state index in [1.54, 1.807) is 18.2 Å². The Morgan fingerprint density at radius 1 is 1.15 bits per heavy atom. The Morgan fingerprint density at radius 2 is 1.85 bits per heavy atom. The maximum Gasteiger partial charge on any atom is 0.342 e. The highest BCUT2D eigenvalue weighted by Gasteiger charge is 2.18. The zero-order chi connectivity index (χ0) is 18.5. The number of carboxylic acid groups (broad SMARTS) is 1. The Labute approximate surface area is 160 Å². The molecule has 0 atom stereocenters. The summed E-state index contributed by atoms with van der Waals surface area (Å²) in [6.45, 7) is 2.58. The molecule has 7 heteroatoms. The van der Waals surface area contributed by atoms with E-state index in [1.807, 2.05) is 54.0 Å². The number of hydrogen-bond acceptors (Lipinski definition) is 4. The first-order valence-corrected chi connectivity index (χ1v) is 9.15. The molecule has 0 bridgehead atoms. The minimum absolute atomic E-state index is 0.181. The fourth-order valence-electron chi connectivity index (χ4n) is 2.40. The van der Waals surface area contributed by atoms with E-state index < -0.39 is 5.97 Å². The van der Waals surface area contributed by atoms with Crippen LogP contribution < -0.4 is 0 Å². The lowest BCUT2D eigenvalue weighted by Gasteiger charge is -2.08. The summed E-state index contributed by atoms with van der Waals surface area (Å²) in [5, 5.41) is 19.1. The Morgan fingerprint density at radius 3 is 2.46 bits per heavy atom. The number of thioether (sulfide) groups is 1. The number of benzene rings is 2. The minimum atomic E-state index is -1.00. The van der Waals surface area contributed by atoms with Gasteiger partial charge in [0.05, 0.1) is 0 Å². The standard InChI is InChI=1S/C19H16ClN3O2S/c1-2-23-17(14-8-10-15(20)11-9-14)21-22-19(23)26-16(18(24)25)12-13-6-4-3-5-7-13/h3-12H,2H2,1H3,(H,24,25)/b16-12+. The summed E-state index contributed by atoms with van der Waals surface area (Å²) < 4.78 is 1.88. The number of hydrogen-bond donors (Lipinski definition) is 1. The van der Waals surface area contributed by atoms with Crippen LogP contribution in [0.15, 0.2) is 64.7 Å². The molecule has 0 aliphatic rings. The molecule has 0 aliphatic carbocycles. The summed E-state index contributed by atoms with van der Waals surface area (Å²) in [6.07, 6.45) is 1.63. The second-order valence-corrected chi connectivity index (χ2v) is 6.83. The van der Waals surface area contributed by atoms with Gasteiger partial charge in [-0.1, -0.05) is 41.9 Å². The second-order valence-electron chi connectivity index (χ2n) is 5.38. The summed E-state index contributed by atoms with van der Waals surface area (Å²) >= 11 is 7.03. The van der Waals surface area contributed by atoms with Gasteiger partial charge in [-0.25, -0.2) is 4.79 Å². The van der Waals surface area contributed by atoms with E-state index in [1.165, 1.54) is 0 Å². The van der Waals surface area contributed by atoms with Gasteiger partial charge < -0.3 is 9.67 Å². The van der Waals surface area contributed by atoms with Crippen molar-refractivity contribution in [2.45, 2.75) is 18.6 Å². The molecule has 0 unspecified atom stereocenters. The van der Waals surface area contributed by atoms with Crippen LogP contribution in [-0.4, -0.2) is 25.8 Å². The van der Waals surface area contributed by atoms with Crippen molar-refractivity contribution in [3.8, 4) is 11.4 Å². The van der Waals surface area contributed by atoms with Gasteiger partial charge in [0.1, 0.15) is 4.91 Å². The van der Waals surface area contributed by atoms with Gasteiger partial charge in [0.15, 0.2) is 11.0 Å². The van der Waals surface area contributed by atoms with Crippen LogP contribution in [0.3, 0.4) is 0 Å². The van der Waals surface area contributed by atoms with E-state index in [9.17, 15) is 9.90 Å². The first-order chi connectivity index (χ1) is 12.6. The van der Waals surface area contributed by atoms with Gasteiger partial charge in [0, 0.05) is 17.1 Å². The molecule has 3 aromatic rings. The summed E-state index contributed by atoms with van der Waals surface area (Å²) in [5.41, 5.74) is 1.69. The molecule has 1 heterocycles. The molecule has 1 aromatic heterocycles. The zero-order valence-electron chi connectivity index (χ0n) is 14.0. The molecule has 0 amide bonds. The summed E-state index contributed by atoms with van der Waals surface area (Å²) in [6, 6.07) is 16.6. The Bertz CT molecular complexity index is 937. The Kier molecular flexibility index (Phi) is 5.75. The number of rotatable bonds is 6. The topological polar surface area (TPSA) is 68.0 Å². The van der Waals surface area contributed by atoms with E-state index in [0.717, 1.165) is 22.9 Å². The third-order valence-electron chi connectivity index (χ3n) is 3.64. The van der Waals surface area contributed by atoms with E-state index in [4.69, 9.17) is 11.6 Å². The van der Waals surface area contributed by atoms with Crippen LogP contribution in [0.2, 0.25) is 5.02 Å². The molecule has 3 rings (SSSR count). The average Bonchev–Trinajstić information content (AvgIpc) is 3.05. The average molecular weight is 386 g/mol. The van der Waals surface area contributed by atoms with Crippen LogP contribution in [0.1, 0.15) is 12.5 Å². The maximum absolute atomic E-state index is 11.7. The molecule has 5 nitrogen and oxygen atoms in total. The number of aromatic nitrogens is 3. The molecule has 0 fully saturated rings. The number of carboxylic acids is 1. The number of aliphatic carboxylic acids is 1. The fraction of sp³-hybridized carbons (Fsp3) is 0.105. The number of nitrogens with zero attached hydrogens (tertiary/aromatic N) is 3. The first-order valence-electron chi connectivity index (χ1n) is 7.95. The van der Waals surface area contributed by atoms with Gasteiger partial charge in [-0.15, -0.1) is 10.2 Å². The van der Waals surface area contributed by atoms with Gasteiger partial charge in [0.2, 0.25) is 0 Å². The van der Waals surface area contributed by atoms with Crippen LogP contribution in [0.4, 0.5) is 0 Å². The predicted molar refractivity (Wildman–Crippen MR) is 104 cm³/mol. The van der Waals surface area contributed by atoms with Gasteiger partial charge in [0.25, 0.3) is 0 Å². The van der Waals surface area contributed by atoms with Crippen molar-refractivity contribution >= 4 is 35.4 Å². The normalized spacial score (nSPS) is 11.5. The molecule has 0 radical (unpaired) electrons. The van der Waals surface area contributed by atoms with Gasteiger partial charge in [-0.3, -0.25) is 0 Å². The third-order valence-corrected chi connectivity index (χ3v) is 4.89. The molecule has 0 aliphatic heterocycles. The van der Waals surface area contributed by atoms with E-state index in [2.05, 4.69) is 10.2 Å². The maximum atomic E-state index is 11.7. The molecular formula is C19H16ClN3O2S. The molecule has 0 spiro atoms. The van der Waals surface area contributed by atoms with Crippen molar-refractivity contribution in [3.05, 3.63) is 70.1 Å². The summed E-state index contributed by atoms with van der Waals surface area (Å²) in [7, 11) is 0. The fourth-order valence-corrected chi connectivity index (χ4v) is 3.41. The van der Waals surface area contributed by atoms with E-state index >= 15 is 0 Å². The second kappa shape index (κ2) is 8.21. The Hall–Kier alpha value is -2.57. The molecule has 26 heavy (non-hydrogen) atoms. The summed E-state index contributed by atoms with van der Waals surface area (Å²) in [4.78, 5) is 11.8. The predicted octanol–water partition coefficient (Wildman–Crippen LogP) is 4.84. The number of carbonyl (C=O) groups is 1. The van der Waals surface area contributed by atoms with Crippen molar-refractivity contribution in [3.63, 3.8) is 0 Å². The lowest BCUT2D eigenvalue weighted by molar-refractivity contribution is -0.131. The smallest absolute Gasteiger partial charge is 0.342 e. The molecule has 0 saturated carbocycles. The van der Waals surface area contributed by atoms with Gasteiger partial charge in [-0.05, 0) is 54.6 Å². The lowest BCUT2D eigenvalue weighted by atomic mass is 10.2. The monoisotopic (exact) mass is 385 g/mol. The first kappa shape index (κ1) is 18.2. The van der Waals surface area contributed by atoms with Crippen molar-refractivity contribution < 1.29 is 9.90 Å². The van der Waals surface area contributed by atoms with Crippen molar-refractivity contribution in [1.29, 1.82) is 0 Å². The summed E-state index contributed by atoms with van der Waals surface area (Å²) in [5.74, 6) is -0.325. The van der Waals surface area contributed by atoms with E-state index in [-0.39, 0.29) is 4.91 Å². The molecule has 2 aromatic carbocycles. The molecule has 0 saturated heterocycles. The third kappa shape index (κ3) is 4.15. The van der Waals surface area contributed by atoms with Gasteiger partial charge in [-0.2, -0.15) is 0 Å². The van der Waals surface area contributed by atoms with Crippen LogP contribution in [-0.2, 0) is 11.3 Å². The van der Waals surface area contributed by atoms with Crippen molar-refractivity contribution in [2.24, 2.45) is 0 Å². The van der Waals surface area contributed by atoms with Crippen LogP contribution in [0, 0.1) is 0 Å². The Balaban J connectivity index is 1.95. The number of halogens is 1. The van der Waals surface area contributed by atoms with E-state index in [0.29, 0.717) is 22.5 Å². The highest BCUT2D eigenvalue weighted by Crippen LogP contribution is 2.30. The highest BCUT2D eigenvalue weighted by molar-refractivity contribution is 8.04. The molecule has 1 N–H and O–H groups in total. The van der Waals surface area contributed by atoms with Crippen LogP contribution in [0.25, 0.3) is 17.5 Å². The largest absolute Gasteiger partial charge is 0.477 e. The van der Waals surface area contributed by atoms with Crippen LogP contribution >= 0.6 is 23.4 Å².